The lowest BCUT2D eigenvalue weighted by Gasteiger charge is -2.25. The lowest BCUT2D eigenvalue weighted by molar-refractivity contribution is 0.0714. The highest BCUT2D eigenvalue weighted by Crippen LogP contribution is 2.40. The van der Waals surface area contributed by atoms with E-state index in [9.17, 15) is 9.59 Å². The van der Waals surface area contributed by atoms with Gasteiger partial charge in [-0.2, -0.15) is 0 Å². The van der Waals surface area contributed by atoms with Crippen LogP contribution < -0.4 is 5.43 Å². The Labute approximate surface area is 198 Å². The van der Waals surface area contributed by atoms with Gasteiger partial charge in [-0.25, -0.2) is 0 Å². The van der Waals surface area contributed by atoms with Crippen molar-refractivity contribution in [1.82, 2.24) is 4.90 Å². The SMILES string of the molecule is Cc1cc2oc3c(c(=O)c2cc1C)C(c1ccc(Br)cc1)N(Cc1ccccc1Cl)C3=O. The van der Waals surface area contributed by atoms with Crippen molar-refractivity contribution >= 4 is 44.4 Å². The molecule has 1 atom stereocenters. The van der Waals surface area contributed by atoms with Crippen LogP contribution in [0.4, 0.5) is 0 Å². The smallest absolute Gasteiger partial charge is 0.291 e. The minimum atomic E-state index is -0.566. The van der Waals surface area contributed by atoms with Gasteiger partial charge in [-0.15, -0.1) is 0 Å². The van der Waals surface area contributed by atoms with Crippen molar-refractivity contribution in [2.75, 3.05) is 0 Å². The molecule has 0 N–H and O–H groups in total. The highest BCUT2D eigenvalue weighted by atomic mass is 79.9. The van der Waals surface area contributed by atoms with Gasteiger partial charge in [-0.3, -0.25) is 9.59 Å². The Morgan fingerprint density at radius 1 is 1.00 bits per heavy atom. The van der Waals surface area contributed by atoms with E-state index in [1.54, 1.807) is 11.0 Å². The molecule has 3 aromatic carbocycles. The van der Waals surface area contributed by atoms with Crippen molar-refractivity contribution < 1.29 is 9.21 Å². The van der Waals surface area contributed by atoms with Crippen LogP contribution in [0.5, 0.6) is 0 Å². The molecule has 0 spiro atoms. The zero-order valence-electron chi connectivity index (χ0n) is 17.5. The van der Waals surface area contributed by atoms with Gasteiger partial charge in [0.05, 0.1) is 17.0 Å². The van der Waals surface area contributed by atoms with Gasteiger partial charge in [0, 0.05) is 16.0 Å². The van der Waals surface area contributed by atoms with Gasteiger partial charge in [0.15, 0.2) is 5.43 Å². The van der Waals surface area contributed by atoms with Crippen LogP contribution in [-0.4, -0.2) is 10.8 Å². The number of carbonyl (C=O) groups excluding carboxylic acids is 1. The fourth-order valence-corrected chi connectivity index (χ4v) is 4.70. The Hall–Kier alpha value is -2.89. The van der Waals surface area contributed by atoms with E-state index in [4.69, 9.17) is 16.0 Å². The van der Waals surface area contributed by atoms with Gasteiger partial charge < -0.3 is 9.32 Å². The van der Waals surface area contributed by atoms with E-state index in [0.29, 0.717) is 21.6 Å². The van der Waals surface area contributed by atoms with Gasteiger partial charge in [-0.1, -0.05) is 57.9 Å². The zero-order chi connectivity index (χ0) is 22.6. The van der Waals surface area contributed by atoms with E-state index in [-0.39, 0.29) is 23.6 Å². The van der Waals surface area contributed by atoms with Gasteiger partial charge in [0.1, 0.15) is 5.58 Å². The minimum Gasteiger partial charge on any atom is -0.450 e. The Bertz CT molecular complexity index is 1440. The molecule has 0 fully saturated rings. The Morgan fingerprint density at radius 3 is 2.41 bits per heavy atom. The van der Waals surface area contributed by atoms with Crippen LogP contribution in [0.15, 0.2) is 74.3 Å². The van der Waals surface area contributed by atoms with E-state index >= 15 is 0 Å². The molecular formula is C26H19BrClNO3. The molecule has 6 heteroatoms. The first-order valence-electron chi connectivity index (χ1n) is 10.2. The van der Waals surface area contributed by atoms with E-state index in [1.165, 1.54) is 0 Å². The van der Waals surface area contributed by atoms with Crippen LogP contribution in [0, 0.1) is 13.8 Å². The number of hydrogen-bond donors (Lipinski definition) is 0. The molecule has 2 heterocycles. The van der Waals surface area contributed by atoms with Crippen LogP contribution in [0.25, 0.3) is 11.0 Å². The molecule has 160 valence electrons. The number of nitrogens with zero attached hydrogens (tertiary/aromatic N) is 1. The number of fused-ring (bicyclic) bond motifs is 2. The topological polar surface area (TPSA) is 50.5 Å². The van der Waals surface area contributed by atoms with E-state index in [0.717, 1.165) is 26.7 Å². The zero-order valence-corrected chi connectivity index (χ0v) is 19.8. The third-order valence-corrected chi connectivity index (χ3v) is 6.96. The molecule has 1 unspecified atom stereocenters. The number of halogens is 2. The second kappa shape index (κ2) is 7.91. The summed E-state index contributed by atoms with van der Waals surface area (Å²) in [6.07, 6.45) is 0. The molecule has 1 aliphatic rings. The molecular weight excluding hydrogens is 490 g/mol. The first-order chi connectivity index (χ1) is 15.3. The largest absolute Gasteiger partial charge is 0.450 e. The molecule has 1 aliphatic heterocycles. The second-order valence-corrected chi connectivity index (χ2v) is 9.41. The van der Waals surface area contributed by atoms with E-state index < -0.39 is 6.04 Å². The van der Waals surface area contributed by atoms with Crippen LogP contribution in [0.1, 0.15) is 44.4 Å². The summed E-state index contributed by atoms with van der Waals surface area (Å²) < 4.78 is 6.99. The lowest BCUT2D eigenvalue weighted by Crippen LogP contribution is -2.29. The van der Waals surface area contributed by atoms with Crippen molar-refractivity contribution in [3.05, 3.63) is 114 Å². The first kappa shape index (κ1) is 21.0. The van der Waals surface area contributed by atoms with Crippen molar-refractivity contribution in [2.45, 2.75) is 26.4 Å². The summed E-state index contributed by atoms with van der Waals surface area (Å²) >= 11 is 9.86. The van der Waals surface area contributed by atoms with Crippen LogP contribution in [0.3, 0.4) is 0 Å². The monoisotopic (exact) mass is 507 g/mol. The minimum absolute atomic E-state index is 0.103. The van der Waals surface area contributed by atoms with E-state index in [2.05, 4.69) is 15.9 Å². The molecule has 4 aromatic rings. The summed E-state index contributed by atoms with van der Waals surface area (Å²) in [6, 6.07) is 18.2. The summed E-state index contributed by atoms with van der Waals surface area (Å²) in [5.41, 5.74) is 4.28. The standard InChI is InChI=1S/C26H19BrClNO3/c1-14-11-19-21(12-15(14)2)32-25-22(24(19)30)23(16-7-9-18(27)10-8-16)29(26(25)31)13-17-5-3-4-6-20(17)28/h3-12,23H,13H2,1-2H3. The molecule has 1 aromatic heterocycles. The average molecular weight is 509 g/mol. The molecule has 0 saturated carbocycles. The molecule has 0 aliphatic carbocycles. The highest BCUT2D eigenvalue weighted by Gasteiger charge is 2.42. The van der Waals surface area contributed by atoms with Crippen LogP contribution in [-0.2, 0) is 6.54 Å². The number of carbonyl (C=O) groups is 1. The average Bonchev–Trinajstić information content (AvgIpc) is 3.04. The van der Waals surface area contributed by atoms with Gasteiger partial charge in [0.2, 0.25) is 5.76 Å². The fraction of sp³-hybridized carbons (Fsp3) is 0.154. The summed E-state index contributed by atoms with van der Waals surface area (Å²) in [4.78, 5) is 28.9. The fourth-order valence-electron chi connectivity index (χ4n) is 4.24. The third-order valence-electron chi connectivity index (χ3n) is 6.07. The highest BCUT2D eigenvalue weighted by molar-refractivity contribution is 9.10. The van der Waals surface area contributed by atoms with E-state index in [1.807, 2.05) is 68.4 Å². The first-order valence-corrected chi connectivity index (χ1v) is 11.4. The summed E-state index contributed by atoms with van der Waals surface area (Å²) in [7, 11) is 0. The number of rotatable bonds is 3. The molecule has 5 rings (SSSR count). The maximum absolute atomic E-state index is 13.7. The number of aryl methyl sites for hydroxylation is 2. The molecule has 0 bridgehead atoms. The predicted octanol–water partition coefficient (Wildman–Crippen LogP) is 6.57. The quantitative estimate of drug-likeness (QED) is 0.314. The number of amides is 1. The molecule has 0 radical (unpaired) electrons. The van der Waals surface area contributed by atoms with Gasteiger partial charge >= 0.3 is 0 Å². The third kappa shape index (κ3) is 3.37. The van der Waals surface area contributed by atoms with Crippen molar-refractivity contribution in [1.29, 1.82) is 0 Å². The Kier molecular flexibility index (Phi) is 5.19. The normalized spacial score (nSPS) is 15.4. The maximum atomic E-state index is 13.7. The molecule has 32 heavy (non-hydrogen) atoms. The van der Waals surface area contributed by atoms with Gasteiger partial charge in [-0.05, 0) is 66.4 Å². The summed E-state index contributed by atoms with van der Waals surface area (Å²) in [6.45, 7) is 4.18. The molecule has 0 saturated heterocycles. The molecule has 1 amide bonds. The summed E-state index contributed by atoms with van der Waals surface area (Å²) in [5, 5.41) is 1.06. The second-order valence-electron chi connectivity index (χ2n) is 8.09. The van der Waals surface area contributed by atoms with Crippen LogP contribution >= 0.6 is 27.5 Å². The predicted molar refractivity (Wildman–Crippen MR) is 129 cm³/mol. The van der Waals surface area contributed by atoms with Crippen molar-refractivity contribution in [2.24, 2.45) is 0 Å². The molecule has 4 nitrogen and oxygen atoms in total. The number of benzene rings is 3. The summed E-state index contributed by atoms with van der Waals surface area (Å²) in [5.74, 6) is -0.212. The van der Waals surface area contributed by atoms with Gasteiger partial charge in [0.25, 0.3) is 5.91 Å². The van der Waals surface area contributed by atoms with Crippen molar-refractivity contribution in [3.8, 4) is 0 Å². The Balaban J connectivity index is 1.75. The van der Waals surface area contributed by atoms with Crippen molar-refractivity contribution in [3.63, 3.8) is 0 Å². The maximum Gasteiger partial charge on any atom is 0.291 e. The lowest BCUT2D eigenvalue weighted by atomic mass is 9.97. The number of hydrogen-bond acceptors (Lipinski definition) is 3. The Morgan fingerprint density at radius 2 is 1.69 bits per heavy atom. The van der Waals surface area contributed by atoms with Crippen LogP contribution in [0.2, 0.25) is 5.02 Å².